The molecule has 0 unspecified atom stereocenters. The number of hydrogen-bond acceptors (Lipinski definition) is 5. The molecule has 0 N–H and O–H groups in total. The molecule has 3 rings (SSSR count). The summed E-state index contributed by atoms with van der Waals surface area (Å²) in [5.41, 5.74) is 1.42. The summed E-state index contributed by atoms with van der Waals surface area (Å²) in [6.45, 7) is 0. The van der Waals surface area contributed by atoms with Gasteiger partial charge in [0.1, 0.15) is 10.9 Å². The molecule has 1 aromatic carbocycles. The third-order valence-corrected chi connectivity index (χ3v) is 3.94. The molecule has 4 nitrogen and oxygen atoms in total. The first-order valence-electron chi connectivity index (χ1n) is 5.35. The van der Waals surface area contributed by atoms with Crippen molar-refractivity contribution in [2.75, 3.05) is 0 Å². The van der Waals surface area contributed by atoms with E-state index in [4.69, 9.17) is 9.78 Å². The molecule has 92 valence electrons. The molecule has 2 heterocycles. The van der Waals surface area contributed by atoms with Gasteiger partial charge in [-0.25, -0.2) is 0 Å². The Balaban J connectivity index is 2.00. The molecule has 6 heteroatoms. The van der Waals surface area contributed by atoms with Crippen molar-refractivity contribution in [2.24, 2.45) is 0 Å². The quantitative estimate of drug-likeness (QED) is 0.709. The third-order valence-electron chi connectivity index (χ3n) is 2.51. The van der Waals surface area contributed by atoms with Gasteiger partial charge in [-0.3, -0.25) is 0 Å². The highest BCUT2D eigenvalue weighted by atomic mass is 79.9. The first kappa shape index (κ1) is 12.1. The minimum Gasteiger partial charge on any atom is -0.333 e. The van der Waals surface area contributed by atoms with Crippen LogP contribution in [0.3, 0.4) is 0 Å². The normalized spacial score (nSPS) is 10.3. The molecule has 0 aliphatic heterocycles. The number of nitriles is 1. The average molecular weight is 332 g/mol. The Morgan fingerprint density at radius 3 is 2.74 bits per heavy atom. The van der Waals surface area contributed by atoms with Crippen molar-refractivity contribution in [3.05, 3.63) is 45.7 Å². The number of thiophene rings is 1. The van der Waals surface area contributed by atoms with Gasteiger partial charge in [0.05, 0.1) is 5.56 Å². The van der Waals surface area contributed by atoms with Crippen LogP contribution in [0.2, 0.25) is 0 Å². The molecular formula is C13H6BrN3OS. The van der Waals surface area contributed by atoms with Crippen LogP contribution in [-0.2, 0) is 0 Å². The fraction of sp³-hybridized carbons (Fsp3) is 0. The molecular weight excluding hydrogens is 326 g/mol. The zero-order chi connectivity index (χ0) is 13.2. The number of nitrogens with zero attached hydrogens (tertiary/aromatic N) is 3. The van der Waals surface area contributed by atoms with Crippen molar-refractivity contribution in [3.63, 3.8) is 0 Å². The second-order valence-electron chi connectivity index (χ2n) is 3.71. The molecule has 0 spiro atoms. The smallest absolute Gasteiger partial charge is 0.269 e. The standard InChI is InChI=1S/C13H6BrN3OS/c14-10-3-1-8(2-4-10)12-16-13(18-17-12)11-9(7-15)5-6-19-11/h1-6H. The number of aromatic nitrogens is 2. The summed E-state index contributed by atoms with van der Waals surface area (Å²) >= 11 is 4.79. The van der Waals surface area contributed by atoms with Gasteiger partial charge < -0.3 is 4.52 Å². The van der Waals surface area contributed by atoms with Crippen molar-refractivity contribution in [2.45, 2.75) is 0 Å². The van der Waals surface area contributed by atoms with Crippen LogP contribution in [0.5, 0.6) is 0 Å². The summed E-state index contributed by atoms with van der Waals surface area (Å²) < 4.78 is 6.21. The summed E-state index contributed by atoms with van der Waals surface area (Å²) in [5.74, 6) is 0.893. The van der Waals surface area contributed by atoms with E-state index in [1.807, 2.05) is 29.6 Å². The van der Waals surface area contributed by atoms with Crippen molar-refractivity contribution < 1.29 is 4.52 Å². The van der Waals surface area contributed by atoms with Gasteiger partial charge >= 0.3 is 0 Å². The summed E-state index contributed by atoms with van der Waals surface area (Å²) in [4.78, 5) is 5.03. The lowest BCUT2D eigenvalue weighted by Gasteiger charge is -1.93. The van der Waals surface area contributed by atoms with Crippen LogP contribution in [0.1, 0.15) is 5.56 Å². The summed E-state index contributed by atoms with van der Waals surface area (Å²) in [6.07, 6.45) is 0. The van der Waals surface area contributed by atoms with Crippen LogP contribution in [0.4, 0.5) is 0 Å². The van der Waals surface area contributed by atoms with Crippen LogP contribution < -0.4 is 0 Å². The number of hydrogen-bond donors (Lipinski definition) is 0. The SMILES string of the molecule is N#Cc1ccsc1-c1nc(-c2ccc(Br)cc2)no1. The molecule has 0 bridgehead atoms. The van der Waals surface area contributed by atoms with E-state index in [1.54, 1.807) is 6.07 Å². The number of rotatable bonds is 2. The molecule has 0 aliphatic rings. The molecule has 2 aromatic heterocycles. The van der Waals surface area contributed by atoms with Gasteiger partial charge in [-0.1, -0.05) is 21.1 Å². The van der Waals surface area contributed by atoms with E-state index in [0.29, 0.717) is 22.2 Å². The van der Waals surface area contributed by atoms with Crippen LogP contribution in [0.25, 0.3) is 22.2 Å². The lowest BCUT2D eigenvalue weighted by molar-refractivity contribution is 0.433. The van der Waals surface area contributed by atoms with Crippen LogP contribution >= 0.6 is 27.3 Å². The molecule has 0 atom stereocenters. The molecule has 0 radical (unpaired) electrons. The third kappa shape index (κ3) is 2.30. The molecule has 0 aliphatic carbocycles. The van der Waals surface area contributed by atoms with Crippen molar-refractivity contribution in [3.8, 4) is 28.2 Å². The van der Waals surface area contributed by atoms with Gasteiger partial charge in [0.15, 0.2) is 0 Å². The number of benzene rings is 1. The summed E-state index contributed by atoms with van der Waals surface area (Å²) in [5, 5.41) is 14.8. The monoisotopic (exact) mass is 331 g/mol. The van der Waals surface area contributed by atoms with E-state index in [2.05, 4.69) is 32.1 Å². The van der Waals surface area contributed by atoms with E-state index < -0.39 is 0 Å². The fourth-order valence-electron chi connectivity index (χ4n) is 1.59. The molecule has 0 fully saturated rings. The van der Waals surface area contributed by atoms with Gasteiger partial charge in [0.25, 0.3) is 5.89 Å². The average Bonchev–Trinajstić information content (AvgIpc) is 3.07. The van der Waals surface area contributed by atoms with E-state index in [0.717, 1.165) is 10.0 Å². The molecule has 3 aromatic rings. The Bertz CT molecular complexity index is 755. The summed E-state index contributed by atoms with van der Waals surface area (Å²) in [7, 11) is 0. The topological polar surface area (TPSA) is 62.7 Å². The van der Waals surface area contributed by atoms with Crippen molar-refractivity contribution >= 4 is 27.3 Å². The number of halogens is 1. The van der Waals surface area contributed by atoms with Crippen LogP contribution in [0.15, 0.2) is 44.7 Å². The lowest BCUT2D eigenvalue weighted by atomic mass is 10.2. The van der Waals surface area contributed by atoms with Gasteiger partial charge in [0, 0.05) is 10.0 Å². The minimum atomic E-state index is 0.379. The molecule has 0 amide bonds. The second kappa shape index (κ2) is 4.96. The predicted octanol–water partition coefficient (Wildman–Crippen LogP) is 4.10. The van der Waals surface area contributed by atoms with Gasteiger partial charge in [-0.05, 0) is 35.7 Å². The van der Waals surface area contributed by atoms with Gasteiger partial charge in [0.2, 0.25) is 5.82 Å². The highest BCUT2D eigenvalue weighted by molar-refractivity contribution is 9.10. The van der Waals surface area contributed by atoms with Gasteiger partial charge in [-0.15, -0.1) is 11.3 Å². The fourth-order valence-corrected chi connectivity index (χ4v) is 2.62. The van der Waals surface area contributed by atoms with E-state index in [1.165, 1.54) is 11.3 Å². The van der Waals surface area contributed by atoms with Crippen LogP contribution in [0, 0.1) is 11.3 Å². The Morgan fingerprint density at radius 1 is 1.21 bits per heavy atom. The molecule has 0 saturated heterocycles. The van der Waals surface area contributed by atoms with Gasteiger partial charge in [-0.2, -0.15) is 10.2 Å². The molecule has 0 saturated carbocycles. The Kier molecular flexibility index (Phi) is 3.15. The lowest BCUT2D eigenvalue weighted by Crippen LogP contribution is -1.80. The zero-order valence-corrected chi connectivity index (χ0v) is 11.9. The van der Waals surface area contributed by atoms with Crippen molar-refractivity contribution in [1.29, 1.82) is 5.26 Å². The van der Waals surface area contributed by atoms with E-state index >= 15 is 0 Å². The first-order chi connectivity index (χ1) is 9.28. The largest absolute Gasteiger partial charge is 0.333 e. The Labute approximate surface area is 121 Å². The van der Waals surface area contributed by atoms with E-state index in [-0.39, 0.29) is 0 Å². The van der Waals surface area contributed by atoms with Crippen molar-refractivity contribution in [1.82, 2.24) is 10.1 Å². The maximum absolute atomic E-state index is 8.98. The van der Waals surface area contributed by atoms with Crippen LogP contribution in [-0.4, -0.2) is 10.1 Å². The van der Waals surface area contributed by atoms with E-state index in [9.17, 15) is 0 Å². The molecule has 19 heavy (non-hydrogen) atoms. The Hall–Kier alpha value is -1.97. The Morgan fingerprint density at radius 2 is 2.00 bits per heavy atom. The highest BCUT2D eigenvalue weighted by Gasteiger charge is 2.15. The first-order valence-corrected chi connectivity index (χ1v) is 7.03. The zero-order valence-electron chi connectivity index (χ0n) is 9.50. The maximum atomic E-state index is 8.98. The predicted molar refractivity (Wildman–Crippen MR) is 75.5 cm³/mol. The second-order valence-corrected chi connectivity index (χ2v) is 5.54. The maximum Gasteiger partial charge on any atom is 0.269 e. The summed E-state index contributed by atoms with van der Waals surface area (Å²) in [6, 6.07) is 11.5. The minimum absolute atomic E-state index is 0.379. The highest BCUT2D eigenvalue weighted by Crippen LogP contribution is 2.29.